The predicted molar refractivity (Wildman–Crippen MR) is 66.5 cm³/mol. The molecule has 5 heteroatoms. The Balaban J connectivity index is 3.85. The van der Waals surface area contributed by atoms with Crippen molar-refractivity contribution in [1.29, 1.82) is 0 Å². The van der Waals surface area contributed by atoms with Gasteiger partial charge in [-0.2, -0.15) is 0 Å². The van der Waals surface area contributed by atoms with Gasteiger partial charge in [0.1, 0.15) is 0 Å². The van der Waals surface area contributed by atoms with Gasteiger partial charge in [-0.1, -0.05) is 6.58 Å². The fourth-order valence-corrected chi connectivity index (χ4v) is 1.87. The van der Waals surface area contributed by atoms with Crippen LogP contribution in [0.5, 0.6) is 0 Å². The van der Waals surface area contributed by atoms with Crippen LogP contribution in [0, 0.1) is 0 Å². The average Bonchev–Trinajstić information content (AvgIpc) is 2.28. The van der Waals surface area contributed by atoms with Crippen molar-refractivity contribution in [1.82, 2.24) is 0 Å². The van der Waals surface area contributed by atoms with Crippen molar-refractivity contribution in [3.8, 4) is 0 Å². The number of rotatable bonds is 9. The summed E-state index contributed by atoms with van der Waals surface area (Å²) in [6.07, 6.45) is 1.78. The van der Waals surface area contributed by atoms with E-state index in [1.54, 1.807) is 0 Å². The van der Waals surface area contributed by atoms with Crippen molar-refractivity contribution in [2.75, 3.05) is 19.8 Å². The van der Waals surface area contributed by atoms with Crippen LogP contribution in [0.25, 0.3) is 0 Å². The summed E-state index contributed by atoms with van der Waals surface area (Å²) in [5.74, 6) is -0.377. The van der Waals surface area contributed by atoms with Crippen LogP contribution in [0.4, 0.5) is 0 Å². The van der Waals surface area contributed by atoms with Gasteiger partial charge in [-0.3, -0.25) is 0 Å². The molecule has 0 aromatic rings. The highest BCUT2D eigenvalue weighted by atomic mass is 28.1. The molecule has 0 fully saturated rings. The van der Waals surface area contributed by atoms with Crippen molar-refractivity contribution in [3.05, 3.63) is 12.7 Å². The lowest BCUT2D eigenvalue weighted by Crippen LogP contribution is -2.25. The maximum absolute atomic E-state index is 10.8. The Morgan fingerprint density at radius 2 is 1.94 bits per heavy atom. The second-order valence-electron chi connectivity index (χ2n) is 3.42. The van der Waals surface area contributed by atoms with E-state index in [0.29, 0.717) is 25.4 Å². The quantitative estimate of drug-likeness (QED) is 0.259. The molecule has 0 heterocycles. The SMILES string of the molecule is C=CC(=O)OCCC([SiH3])C(OCC)OCC. The molecule has 0 saturated carbocycles. The second kappa shape index (κ2) is 9.56. The molecule has 94 valence electrons. The molecule has 1 unspecified atom stereocenters. The third kappa shape index (κ3) is 6.76. The van der Waals surface area contributed by atoms with Crippen LogP contribution in [0.1, 0.15) is 20.3 Å². The monoisotopic (exact) mass is 246 g/mol. The number of ether oxygens (including phenoxy) is 3. The highest BCUT2D eigenvalue weighted by Gasteiger charge is 2.17. The van der Waals surface area contributed by atoms with Gasteiger partial charge in [0, 0.05) is 29.5 Å². The third-order valence-corrected chi connectivity index (χ3v) is 3.23. The Kier molecular flexibility index (Phi) is 9.17. The second-order valence-corrected chi connectivity index (χ2v) is 4.90. The van der Waals surface area contributed by atoms with Crippen LogP contribution >= 0.6 is 0 Å². The van der Waals surface area contributed by atoms with Crippen LogP contribution in [0.3, 0.4) is 0 Å². The van der Waals surface area contributed by atoms with Crippen molar-refractivity contribution < 1.29 is 19.0 Å². The summed E-state index contributed by atoms with van der Waals surface area (Å²) in [7, 11) is 0.945. The van der Waals surface area contributed by atoms with E-state index >= 15 is 0 Å². The maximum atomic E-state index is 10.8. The molecular formula is C11H22O4Si. The minimum atomic E-state index is -0.377. The lowest BCUT2D eigenvalue weighted by molar-refractivity contribution is -0.146. The summed E-state index contributed by atoms with van der Waals surface area (Å²) in [6, 6.07) is 0. The standard InChI is InChI=1S/C11H22O4Si/c1-4-10(12)15-8-7-9(16)11(13-5-2)14-6-3/h4,9,11H,1,5-8H2,2-3,16H3. The third-order valence-electron chi connectivity index (χ3n) is 2.11. The fraction of sp³-hybridized carbons (Fsp3) is 0.727. The van der Waals surface area contributed by atoms with Crippen molar-refractivity contribution in [2.45, 2.75) is 32.1 Å². The lowest BCUT2D eigenvalue weighted by atomic mass is 10.3. The topological polar surface area (TPSA) is 44.8 Å². The number of carbonyl (C=O) groups excluding carboxylic acids is 1. The van der Waals surface area contributed by atoms with Gasteiger partial charge in [0.25, 0.3) is 0 Å². The maximum Gasteiger partial charge on any atom is 0.330 e. The van der Waals surface area contributed by atoms with Crippen LogP contribution in [0.2, 0.25) is 5.54 Å². The lowest BCUT2D eigenvalue weighted by Gasteiger charge is -2.23. The van der Waals surface area contributed by atoms with Crippen molar-refractivity contribution >= 4 is 16.2 Å². The first-order chi connectivity index (χ1) is 7.65. The first kappa shape index (κ1) is 15.3. The zero-order chi connectivity index (χ0) is 12.4. The number of carbonyl (C=O) groups is 1. The molecule has 0 aromatic carbocycles. The normalized spacial score (nSPS) is 12.7. The summed E-state index contributed by atoms with van der Waals surface area (Å²) in [5.41, 5.74) is 0.331. The Hall–Kier alpha value is -0.653. The van der Waals surface area contributed by atoms with E-state index in [9.17, 15) is 4.79 Å². The summed E-state index contributed by atoms with van der Waals surface area (Å²) < 4.78 is 15.9. The average molecular weight is 246 g/mol. The molecule has 0 spiro atoms. The molecule has 4 nitrogen and oxygen atoms in total. The number of hydrogen-bond donors (Lipinski definition) is 0. The van der Waals surface area contributed by atoms with Gasteiger partial charge >= 0.3 is 5.97 Å². The van der Waals surface area contributed by atoms with Crippen LogP contribution < -0.4 is 0 Å². The van der Waals surface area contributed by atoms with Gasteiger partial charge in [0.2, 0.25) is 0 Å². The summed E-state index contributed by atoms with van der Waals surface area (Å²) in [5, 5.41) is 0. The molecule has 0 bridgehead atoms. The number of esters is 1. The Bertz CT molecular complexity index is 202. The molecule has 0 aliphatic carbocycles. The van der Waals surface area contributed by atoms with E-state index in [4.69, 9.17) is 14.2 Å². The molecule has 0 saturated heterocycles. The fourth-order valence-electron chi connectivity index (χ4n) is 1.25. The summed E-state index contributed by atoms with van der Waals surface area (Å²) >= 11 is 0. The Morgan fingerprint density at radius 3 is 2.38 bits per heavy atom. The molecule has 0 aromatic heterocycles. The zero-order valence-electron chi connectivity index (χ0n) is 10.4. The van der Waals surface area contributed by atoms with E-state index in [1.807, 2.05) is 13.8 Å². The molecule has 0 N–H and O–H groups in total. The molecule has 0 aliphatic heterocycles. The molecule has 1 atom stereocenters. The highest BCUT2D eigenvalue weighted by molar-refractivity contribution is 6.11. The minimum absolute atomic E-state index is 0.163. The summed E-state index contributed by atoms with van der Waals surface area (Å²) in [6.45, 7) is 8.89. The van der Waals surface area contributed by atoms with Crippen LogP contribution in [0.15, 0.2) is 12.7 Å². The van der Waals surface area contributed by atoms with Crippen molar-refractivity contribution in [2.24, 2.45) is 0 Å². The first-order valence-corrected chi connectivity index (χ1v) is 6.83. The Morgan fingerprint density at radius 1 is 1.38 bits per heavy atom. The van der Waals surface area contributed by atoms with Gasteiger partial charge < -0.3 is 14.2 Å². The van der Waals surface area contributed by atoms with Gasteiger partial charge in [-0.15, -0.1) is 0 Å². The minimum Gasteiger partial charge on any atom is -0.463 e. The van der Waals surface area contributed by atoms with Gasteiger partial charge in [0.05, 0.1) is 6.61 Å². The smallest absolute Gasteiger partial charge is 0.330 e. The van der Waals surface area contributed by atoms with E-state index in [-0.39, 0.29) is 12.3 Å². The first-order valence-electron chi connectivity index (χ1n) is 5.68. The van der Waals surface area contributed by atoms with Gasteiger partial charge in [-0.25, -0.2) is 4.79 Å². The summed E-state index contributed by atoms with van der Waals surface area (Å²) in [4.78, 5) is 10.8. The molecule has 0 rings (SSSR count). The Labute approximate surface area is 100 Å². The molecular weight excluding hydrogens is 224 g/mol. The molecule has 0 aliphatic rings. The molecule has 0 amide bonds. The van der Waals surface area contributed by atoms with E-state index in [1.165, 1.54) is 6.08 Å². The molecule has 0 radical (unpaired) electrons. The van der Waals surface area contributed by atoms with Gasteiger partial charge in [-0.05, 0) is 25.8 Å². The zero-order valence-corrected chi connectivity index (χ0v) is 12.4. The van der Waals surface area contributed by atoms with Crippen LogP contribution in [-0.2, 0) is 19.0 Å². The molecule has 16 heavy (non-hydrogen) atoms. The van der Waals surface area contributed by atoms with E-state index in [2.05, 4.69) is 6.58 Å². The predicted octanol–water partition coefficient (Wildman–Crippen LogP) is 0.659. The largest absolute Gasteiger partial charge is 0.463 e. The highest BCUT2D eigenvalue weighted by Crippen LogP contribution is 2.16. The number of hydrogen-bond acceptors (Lipinski definition) is 4. The van der Waals surface area contributed by atoms with E-state index < -0.39 is 0 Å². The van der Waals surface area contributed by atoms with Crippen LogP contribution in [-0.4, -0.2) is 42.3 Å². The van der Waals surface area contributed by atoms with E-state index in [0.717, 1.165) is 16.7 Å². The van der Waals surface area contributed by atoms with Gasteiger partial charge in [0.15, 0.2) is 6.29 Å². The van der Waals surface area contributed by atoms with Crippen molar-refractivity contribution in [3.63, 3.8) is 0 Å².